The molecule has 0 fully saturated rings. The van der Waals surface area contributed by atoms with Crippen LogP contribution in [0.15, 0.2) is 0 Å². The van der Waals surface area contributed by atoms with Crippen LogP contribution < -0.4 is 10.8 Å². The summed E-state index contributed by atoms with van der Waals surface area (Å²) < 4.78 is 0. The van der Waals surface area contributed by atoms with E-state index < -0.39 is 0 Å². The number of aliphatic hydroxyl groups excluding tert-OH is 1. The van der Waals surface area contributed by atoms with Crippen LogP contribution in [0.5, 0.6) is 0 Å². The summed E-state index contributed by atoms with van der Waals surface area (Å²) in [5.41, 5.74) is 3.44. The van der Waals surface area contributed by atoms with Crippen molar-refractivity contribution < 1.29 is 15.9 Å². The van der Waals surface area contributed by atoms with Crippen LogP contribution in [0.25, 0.3) is 0 Å². The minimum Gasteiger partial charge on any atom is -0.854 e. The Labute approximate surface area is 101 Å². The molecule has 0 heterocycles. The van der Waals surface area contributed by atoms with Crippen molar-refractivity contribution in [2.24, 2.45) is 5.92 Å². The number of aliphatic hydroxyl groups is 1. The molecular weight excluding hydrogens is 202 g/mol. The maximum Gasteiger partial charge on any atom is 0.100 e. The maximum absolute atomic E-state index is 10.1. The Bertz CT molecular complexity index is 117. The third-order valence-electron chi connectivity index (χ3n) is 2.34. The fourth-order valence-electron chi connectivity index (χ4n) is 1.18. The molecule has 0 rings (SSSR count). The van der Waals surface area contributed by atoms with Gasteiger partial charge >= 0.3 is 0 Å². The van der Waals surface area contributed by atoms with E-state index in [-0.39, 0.29) is 12.7 Å². The molecule has 3 nitrogen and oxygen atoms in total. The number of unbranched alkanes of at least 4 members (excludes halogenated alkanes) is 4. The predicted molar refractivity (Wildman–Crippen MR) is 66.8 cm³/mol. The fourth-order valence-corrected chi connectivity index (χ4v) is 1.18. The van der Waals surface area contributed by atoms with Crippen LogP contribution >= 0.6 is 0 Å². The van der Waals surface area contributed by atoms with Crippen LogP contribution in [0, 0.1) is 5.92 Å². The molecule has 0 bridgehead atoms. The predicted octanol–water partition coefficient (Wildman–Crippen LogP) is 0.952. The lowest BCUT2D eigenvalue weighted by Gasteiger charge is -2.05. The zero-order chi connectivity index (χ0) is 12.8. The molecule has 0 aliphatic heterocycles. The summed E-state index contributed by atoms with van der Waals surface area (Å²) >= 11 is 0. The van der Waals surface area contributed by atoms with Gasteiger partial charge in [0.2, 0.25) is 0 Å². The molecule has 1 unspecified atom stereocenters. The molecule has 0 aliphatic carbocycles. The van der Waals surface area contributed by atoms with Gasteiger partial charge in [-0.25, -0.2) is 0 Å². The Balaban J connectivity index is 0. The van der Waals surface area contributed by atoms with Crippen molar-refractivity contribution in [1.82, 2.24) is 0 Å². The monoisotopic (exact) mass is 233 g/mol. The molecule has 4 N–H and O–H groups in total. The first-order chi connectivity index (χ1) is 7.54. The molecule has 0 aromatic rings. The van der Waals surface area contributed by atoms with Gasteiger partial charge in [-0.2, -0.15) is 0 Å². The van der Waals surface area contributed by atoms with Crippen molar-refractivity contribution in [3.05, 3.63) is 0 Å². The summed E-state index contributed by atoms with van der Waals surface area (Å²) in [5.74, 6) is 0.842. The number of hydrogen-bond acceptors (Lipinski definition) is 2. The summed E-state index contributed by atoms with van der Waals surface area (Å²) in [6.07, 6.45) is 7.06. The standard InChI is InChI=1S/C10H21O.C3H9NO/c1-10(2)8-6-4-3-5-7-9-11;1-3(5)2-4/h10H,3-9H2,1-2H3;3,5H,2,4H2,1H3/q-1;/p+1. The van der Waals surface area contributed by atoms with Crippen LogP contribution in [-0.4, -0.2) is 24.4 Å². The van der Waals surface area contributed by atoms with Crippen molar-refractivity contribution in [3.63, 3.8) is 0 Å². The van der Waals surface area contributed by atoms with Gasteiger partial charge in [-0.3, -0.25) is 0 Å². The second kappa shape index (κ2) is 14.9. The van der Waals surface area contributed by atoms with Gasteiger partial charge in [0.25, 0.3) is 0 Å². The average Bonchev–Trinajstić information content (AvgIpc) is 2.23. The fraction of sp³-hybridized carbons (Fsp3) is 1.00. The highest BCUT2D eigenvalue weighted by atomic mass is 16.3. The molecule has 0 radical (unpaired) electrons. The second-order valence-electron chi connectivity index (χ2n) is 4.79. The zero-order valence-electron chi connectivity index (χ0n) is 11.4. The topological polar surface area (TPSA) is 70.9 Å². The lowest BCUT2D eigenvalue weighted by atomic mass is 10.0. The molecule has 0 saturated heterocycles. The number of rotatable bonds is 8. The highest BCUT2D eigenvalue weighted by Gasteiger charge is 1.93. The molecule has 1 atom stereocenters. The van der Waals surface area contributed by atoms with Crippen LogP contribution in [0.2, 0.25) is 0 Å². The van der Waals surface area contributed by atoms with E-state index in [1.165, 1.54) is 25.7 Å². The Morgan fingerprint density at radius 1 is 1.00 bits per heavy atom. The summed E-state index contributed by atoms with van der Waals surface area (Å²) in [5, 5.41) is 18.4. The molecule has 0 saturated carbocycles. The summed E-state index contributed by atoms with van der Waals surface area (Å²) in [6, 6.07) is 0. The minimum atomic E-state index is -0.227. The van der Waals surface area contributed by atoms with Crippen molar-refractivity contribution in [2.75, 3.05) is 13.2 Å². The van der Waals surface area contributed by atoms with Gasteiger partial charge in [-0.15, -0.1) is 6.61 Å². The molecular formula is C13H31NO2. The second-order valence-corrected chi connectivity index (χ2v) is 4.79. The van der Waals surface area contributed by atoms with E-state index in [0.717, 1.165) is 18.8 Å². The first-order valence-electron chi connectivity index (χ1n) is 6.60. The Kier molecular flexibility index (Phi) is 17.0. The van der Waals surface area contributed by atoms with Gasteiger partial charge in [0.1, 0.15) is 6.54 Å². The normalized spacial score (nSPS) is 12.2. The van der Waals surface area contributed by atoms with Crippen LogP contribution in [0.3, 0.4) is 0 Å². The maximum atomic E-state index is 10.1. The molecule has 0 aromatic carbocycles. The molecule has 100 valence electrons. The van der Waals surface area contributed by atoms with Gasteiger partial charge in [-0.05, 0) is 12.8 Å². The van der Waals surface area contributed by atoms with E-state index in [1.807, 2.05) is 0 Å². The molecule has 3 heteroatoms. The highest BCUT2D eigenvalue weighted by molar-refractivity contribution is 4.47. The van der Waals surface area contributed by atoms with Gasteiger partial charge in [0.15, 0.2) is 0 Å². The molecule has 0 amide bonds. The quantitative estimate of drug-likeness (QED) is 0.613. The lowest BCUT2D eigenvalue weighted by molar-refractivity contribution is -0.382. The number of quaternary nitrogens is 1. The van der Waals surface area contributed by atoms with E-state index in [2.05, 4.69) is 19.6 Å². The van der Waals surface area contributed by atoms with Crippen molar-refractivity contribution in [3.8, 4) is 0 Å². The van der Waals surface area contributed by atoms with Crippen molar-refractivity contribution in [1.29, 1.82) is 0 Å². The lowest BCUT2D eigenvalue weighted by Crippen LogP contribution is -2.54. The van der Waals surface area contributed by atoms with Gasteiger partial charge in [0, 0.05) is 0 Å². The largest absolute Gasteiger partial charge is 0.854 e. The van der Waals surface area contributed by atoms with Crippen LogP contribution in [0.1, 0.15) is 59.3 Å². The highest BCUT2D eigenvalue weighted by Crippen LogP contribution is 2.09. The van der Waals surface area contributed by atoms with Gasteiger partial charge in [0.05, 0.1) is 6.10 Å². The van der Waals surface area contributed by atoms with Crippen molar-refractivity contribution >= 4 is 0 Å². The third kappa shape index (κ3) is 23.6. The van der Waals surface area contributed by atoms with Gasteiger partial charge in [-0.1, -0.05) is 52.4 Å². The third-order valence-corrected chi connectivity index (χ3v) is 2.34. The molecule has 16 heavy (non-hydrogen) atoms. The SMILES string of the molecule is CC(C)CCCCCCC[O-].CC(O)C[NH3+]. The van der Waals surface area contributed by atoms with Crippen LogP contribution in [-0.2, 0) is 0 Å². The summed E-state index contributed by atoms with van der Waals surface area (Å²) in [6.45, 7) is 6.96. The van der Waals surface area contributed by atoms with E-state index in [4.69, 9.17) is 5.11 Å². The van der Waals surface area contributed by atoms with Crippen molar-refractivity contribution in [2.45, 2.75) is 65.4 Å². The molecule has 0 aromatic heterocycles. The minimum absolute atomic E-state index is 0.115. The first-order valence-corrected chi connectivity index (χ1v) is 6.60. The molecule has 0 aliphatic rings. The van der Waals surface area contributed by atoms with Crippen LogP contribution in [0.4, 0.5) is 0 Å². The Morgan fingerprint density at radius 3 is 1.81 bits per heavy atom. The first kappa shape index (κ1) is 18.3. The van der Waals surface area contributed by atoms with E-state index in [1.54, 1.807) is 6.92 Å². The Hall–Kier alpha value is -0.120. The number of hydrogen-bond donors (Lipinski definition) is 2. The van der Waals surface area contributed by atoms with E-state index in [9.17, 15) is 5.11 Å². The average molecular weight is 233 g/mol. The summed E-state index contributed by atoms with van der Waals surface area (Å²) in [7, 11) is 0. The smallest absolute Gasteiger partial charge is 0.100 e. The van der Waals surface area contributed by atoms with E-state index >= 15 is 0 Å². The zero-order valence-corrected chi connectivity index (χ0v) is 11.4. The van der Waals surface area contributed by atoms with Gasteiger partial charge < -0.3 is 15.9 Å². The molecule has 0 spiro atoms. The Morgan fingerprint density at radius 2 is 1.44 bits per heavy atom. The summed E-state index contributed by atoms with van der Waals surface area (Å²) in [4.78, 5) is 0. The van der Waals surface area contributed by atoms with E-state index in [0.29, 0.717) is 6.54 Å².